The Morgan fingerprint density at radius 2 is 1.84 bits per heavy atom. The Kier molecular flexibility index (Phi) is 6.26. The van der Waals surface area contributed by atoms with Gasteiger partial charge in [-0.25, -0.2) is 0 Å². The lowest BCUT2D eigenvalue weighted by Gasteiger charge is -2.06. The van der Waals surface area contributed by atoms with E-state index in [0.717, 1.165) is 6.42 Å². The molecule has 0 heterocycles. The largest absolute Gasteiger partial charge is 0.466 e. The van der Waals surface area contributed by atoms with Crippen LogP contribution in [0.3, 0.4) is 0 Å². The fourth-order valence-electron chi connectivity index (χ4n) is 1.94. The van der Waals surface area contributed by atoms with Crippen LogP contribution >= 0.6 is 0 Å². The monoisotopic (exact) mass is 262 g/mol. The van der Waals surface area contributed by atoms with Crippen LogP contribution in [0.4, 0.5) is 0 Å². The summed E-state index contributed by atoms with van der Waals surface area (Å²) in [5.74, 6) is -0.170. The van der Waals surface area contributed by atoms with Gasteiger partial charge in [0, 0.05) is 12.8 Å². The summed E-state index contributed by atoms with van der Waals surface area (Å²) in [4.78, 5) is 22.9. The zero-order valence-electron chi connectivity index (χ0n) is 12.0. The van der Waals surface area contributed by atoms with Crippen LogP contribution in [0, 0.1) is 13.8 Å². The third-order valence-corrected chi connectivity index (χ3v) is 3.09. The Morgan fingerprint density at radius 3 is 2.53 bits per heavy atom. The molecule has 1 aromatic rings. The lowest BCUT2D eigenvalue weighted by Crippen LogP contribution is -2.08. The molecule has 0 aliphatic rings. The molecule has 1 rings (SSSR count). The predicted octanol–water partition coefficient (Wildman–Crippen LogP) is 3.15. The average molecular weight is 262 g/mol. The van der Waals surface area contributed by atoms with Gasteiger partial charge in [-0.15, -0.1) is 0 Å². The van der Waals surface area contributed by atoms with Crippen molar-refractivity contribution >= 4 is 11.8 Å². The van der Waals surface area contributed by atoms with Crippen LogP contribution in [0.5, 0.6) is 0 Å². The van der Waals surface area contributed by atoms with E-state index in [1.165, 1.54) is 16.7 Å². The number of carbonyl (C=O) groups excluding carboxylic acids is 2. The van der Waals surface area contributed by atoms with Crippen molar-refractivity contribution in [2.45, 2.75) is 46.5 Å². The van der Waals surface area contributed by atoms with Gasteiger partial charge in [-0.05, 0) is 38.3 Å². The van der Waals surface area contributed by atoms with Gasteiger partial charge < -0.3 is 4.74 Å². The van der Waals surface area contributed by atoms with Gasteiger partial charge in [0.25, 0.3) is 0 Å². The SMILES string of the molecule is CCOC(=O)CCC(=O)CCc1cc(C)ccc1C. The first kappa shape index (κ1) is 15.4. The maximum Gasteiger partial charge on any atom is 0.306 e. The van der Waals surface area contributed by atoms with Crippen molar-refractivity contribution in [3.05, 3.63) is 34.9 Å². The van der Waals surface area contributed by atoms with Crippen LogP contribution < -0.4 is 0 Å². The number of esters is 1. The van der Waals surface area contributed by atoms with Crippen molar-refractivity contribution in [2.75, 3.05) is 6.61 Å². The molecule has 104 valence electrons. The highest BCUT2D eigenvalue weighted by molar-refractivity contribution is 5.83. The van der Waals surface area contributed by atoms with Crippen molar-refractivity contribution in [3.8, 4) is 0 Å². The Hall–Kier alpha value is -1.64. The molecule has 0 fully saturated rings. The first-order valence-electron chi connectivity index (χ1n) is 6.76. The molecular formula is C16H22O3. The zero-order chi connectivity index (χ0) is 14.3. The molecule has 19 heavy (non-hydrogen) atoms. The number of carbonyl (C=O) groups is 2. The molecule has 0 amide bonds. The van der Waals surface area contributed by atoms with Gasteiger partial charge in [-0.3, -0.25) is 9.59 Å². The molecule has 0 spiro atoms. The molecule has 0 saturated carbocycles. The minimum Gasteiger partial charge on any atom is -0.466 e. The molecule has 0 atom stereocenters. The number of ketones is 1. The van der Waals surface area contributed by atoms with Gasteiger partial charge in [0.1, 0.15) is 5.78 Å². The molecule has 0 aliphatic heterocycles. The second-order valence-electron chi connectivity index (χ2n) is 4.77. The lowest BCUT2D eigenvalue weighted by atomic mass is 9.99. The van der Waals surface area contributed by atoms with Crippen LogP contribution in [-0.4, -0.2) is 18.4 Å². The number of hydrogen-bond acceptors (Lipinski definition) is 3. The highest BCUT2D eigenvalue weighted by Crippen LogP contribution is 2.13. The number of rotatable bonds is 7. The smallest absolute Gasteiger partial charge is 0.306 e. The summed E-state index contributed by atoms with van der Waals surface area (Å²) in [5, 5.41) is 0. The maximum absolute atomic E-state index is 11.7. The molecule has 0 aromatic heterocycles. The quantitative estimate of drug-likeness (QED) is 0.709. The Morgan fingerprint density at radius 1 is 1.11 bits per heavy atom. The van der Waals surface area contributed by atoms with Crippen LogP contribution in [-0.2, 0) is 20.7 Å². The molecule has 0 aliphatic carbocycles. The van der Waals surface area contributed by atoms with E-state index in [-0.39, 0.29) is 24.6 Å². The molecule has 3 heteroatoms. The standard InChI is InChI=1S/C16H22O3/c1-4-19-16(18)10-9-15(17)8-7-14-11-12(2)5-6-13(14)3/h5-6,11H,4,7-10H2,1-3H3. The fraction of sp³-hybridized carbons (Fsp3) is 0.500. The van der Waals surface area contributed by atoms with E-state index in [4.69, 9.17) is 4.74 Å². The second kappa shape index (κ2) is 7.72. The minimum atomic E-state index is -0.289. The van der Waals surface area contributed by atoms with Gasteiger partial charge in [-0.2, -0.15) is 0 Å². The van der Waals surface area contributed by atoms with Crippen molar-refractivity contribution in [2.24, 2.45) is 0 Å². The normalized spacial score (nSPS) is 10.3. The summed E-state index contributed by atoms with van der Waals surface area (Å²) in [6, 6.07) is 6.27. The first-order valence-corrected chi connectivity index (χ1v) is 6.76. The van der Waals surface area contributed by atoms with E-state index < -0.39 is 0 Å². The van der Waals surface area contributed by atoms with E-state index in [9.17, 15) is 9.59 Å². The third-order valence-electron chi connectivity index (χ3n) is 3.09. The summed E-state index contributed by atoms with van der Waals surface area (Å²) in [6.45, 7) is 6.24. The first-order chi connectivity index (χ1) is 9.02. The van der Waals surface area contributed by atoms with E-state index >= 15 is 0 Å². The zero-order valence-corrected chi connectivity index (χ0v) is 12.0. The van der Waals surface area contributed by atoms with Gasteiger partial charge in [0.15, 0.2) is 0 Å². The topological polar surface area (TPSA) is 43.4 Å². The molecule has 0 bridgehead atoms. The average Bonchev–Trinajstić information content (AvgIpc) is 2.38. The number of benzene rings is 1. The van der Waals surface area contributed by atoms with Crippen LogP contribution in [0.15, 0.2) is 18.2 Å². The lowest BCUT2D eigenvalue weighted by molar-refractivity contribution is -0.144. The van der Waals surface area contributed by atoms with Gasteiger partial charge in [0.2, 0.25) is 0 Å². The van der Waals surface area contributed by atoms with Crippen molar-refractivity contribution in [1.82, 2.24) is 0 Å². The van der Waals surface area contributed by atoms with Crippen LogP contribution in [0.1, 0.15) is 42.9 Å². The summed E-state index contributed by atoms with van der Waals surface area (Å²) in [6.07, 6.45) is 1.71. The summed E-state index contributed by atoms with van der Waals surface area (Å²) >= 11 is 0. The summed E-state index contributed by atoms with van der Waals surface area (Å²) < 4.78 is 4.80. The molecule has 0 radical (unpaired) electrons. The molecule has 0 saturated heterocycles. The van der Waals surface area contributed by atoms with Gasteiger partial charge in [-0.1, -0.05) is 23.8 Å². The van der Waals surface area contributed by atoms with Gasteiger partial charge >= 0.3 is 5.97 Å². The number of ether oxygens (including phenoxy) is 1. The highest BCUT2D eigenvalue weighted by atomic mass is 16.5. The second-order valence-corrected chi connectivity index (χ2v) is 4.77. The molecule has 0 unspecified atom stereocenters. The van der Waals surface area contributed by atoms with E-state index in [2.05, 4.69) is 25.1 Å². The number of aryl methyl sites for hydroxylation is 3. The predicted molar refractivity (Wildman–Crippen MR) is 75.1 cm³/mol. The molecule has 0 N–H and O–H groups in total. The Bertz CT molecular complexity index is 449. The molecule has 3 nitrogen and oxygen atoms in total. The Labute approximate surface area is 115 Å². The number of hydrogen-bond donors (Lipinski definition) is 0. The molecule has 1 aromatic carbocycles. The number of Topliss-reactive ketones (excluding diaryl/α,β-unsaturated/α-hetero) is 1. The van der Waals surface area contributed by atoms with Crippen LogP contribution in [0.25, 0.3) is 0 Å². The fourth-order valence-corrected chi connectivity index (χ4v) is 1.94. The van der Waals surface area contributed by atoms with Crippen LogP contribution in [0.2, 0.25) is 0 Å². The van der Waals surface area contributed by atoms with E-state index in [0.29, 0.717) is 13.0 Å². The van der Waals surface area contributed by atoms with Crippen molar-refractivity contribution in [3.63, 3.8) is 0 Å². The van der Waals surface area contributed by atoms with E-state index in [1.54, 1.807) is 6.92 Å². The minimum absolute atomic E-state index is 0.119. The molecular weight excluding hydrogens is 240 g/mol. The Balaban J connectivity index is 2.38. The summed E-state index contributed by atoms with van der Waals surface area (Å²) in [5.41, 5.74) is 3.63. The summed E-state index contributed by atoms with van der Waals surface area (Å²) in [7, 11) is 0. The van der Waals surface area contributed by atoms with E-state index in [1.807, 2.05) is 6.92 Å². The highest BCUT2D eigenvalue weighted by Gasteiger charge is 2.08. The van der Waals surface area contributed by atoms with Crippen molar-refractivity contribution in [1.29, 1.82) is 0 Å². The maximum atomic E-state index is 11.7. The third kappa shape index (κ3) is 5.69. The van der Waals surface area contributed by atoms with Crippen molar-refractivity contribution < 1.29 is 14.3 Å². The van der Waals surface area contributed by atoms with Gasteiger partial charge in [0.05, 0.1) is 13.0 Å².